The lowest BCUT2D eigenvalue weighted by molar-refractivity contribution is 0.0946. The minimum Gasteiger partial charge on any atom is -0.497 e. The number of rotatable bonds is 7. The van der Waals surface area contributed by atoms with E-state index in [-0.39, 0.29) is 5.91 Å². The Kier molecular flexibility index (Phi) is 5.87. The van der Waals surface area contributed by atoms with Crippen LogP contribution in [0.15, 0.2) is 78.9 Å². The molecule has 0 atom stereocenters. The number of nitrogens with one attached hydrogen (secondary N) is 2. The first-order chi connectivity index (χ1) is 16.7. The average Bonchev–Trinajstić information content (AvgIpc) is 3.26. The molecule has 5 rings (SSSR count). The molecule has 2 aromatic heterocycles. The van der Waals surface area contributed by atoms with Crippen LogP contribution in [0.5, 0.6) is 11.5 Å². The fourth-order valence-corrected chi connectivity index (χ4v) is 4.12. The van der Waals surface area contributed by atoms with E-state index in [1.165, 1.54) is 0 Å². The largest absolute Gasteiger partial charge is 0.497 e. The Balaban J connectivity index is 1.58. The number of H-pyrrole nitrogens is 1. The van der Waals surface area contributed by atoms with Crippen LogP contribution in [0, 0.1) is 0 Å². The molecule has 5 aromatic rings. The van der Waals surface area contributed by atoms with E-state index in [1.54, 1.807) is 7.11 Å². The molecule has 0 aliphatic heterocycles. The van der Waals surface area contributed by atoms with E-state index in [0.29, 0.717) is 24.5 Å². The molecule has 0 saturated carbocycles. The number of nitrogens with zero attached hydrogens (tertiary/aromatic N) is 1. The number of aromatic nitrogens is 2. The summed E-state index contributed by atoms with van der Waals surface area (Å²) in [5, 5.41) is 4.98. The second kappa shape index (κ2) is 9.27. The van der Waals surface area contributed by atoms with Crippen molar-refractivity contribution >= 4 is 27.7 Å². The monoisotopic (exact) mass is 451 g/mol. The van der Waals surface area contributed by atoms with Gasteiger partial charge in [0.2, 0.25) is 0 Å². The van der Waals surface area contributed by atoms with Crippen molar-refractivity contribution in [3.63, 3.8) is 0 Å². The number of benzene rings is 3. The lowest BCUT2D eigenvalue weighted by Crippen LogP contribution is -2.24. The van der Waals surface area contributed by atoms with Gasteiger partial charge in [-0.05, 0) is 48.9 Å². The molecule has 0 bridgehead atoms. The predicted molar refractivity (Wildman–Crippen MR) is 134 cm³/mol. The van der Waals surface area contributed by atoms with Crippen molar-refractivity contribution < 1.29 is 14.3 Å². The molecule has 0 spiro atoms. The number of aromatic amines is 1. The van der Waals surface area contributed by atoms with Crippen LogP contribution in [0.4, 0.5) is 0 Å². The number of hydrogen-bond acceptors (Lipinski definition) is 4. The van der Waals surface area contributed by atoms with Crippen molar-refractivity contribution in [2.75, 3.05) is 13.7 Å². The van der Waals surface area contributed by atoms with Crippen molar-refractivity contribution in [1.29, 1.82) is 0 Å². The number of para-hydroxylation sites is 2. The standard InChI is InChI=1S/C28H25N3O3/c1-3-34-25-11-7-5-9-21(25)26-27-22(20-8-4-6-10-23(20)30-27)16-24(31-26)28(32)29-17-18-12-14-19(33-2)15-13-18/h4-16,30H,3,17H2,1-2H3,(H,29,32). The van der Waals surface area contributed by atoms with Crippen LogP contribution in [0.1, 0.15) is 23.0 Å². The lowest BCUT2D eigenvalue weighted by atomic mass is 10.1. The highest BCUT2D eigenvalue weighted by Crippen LogP contribution is 2.36. The molecule has 2 N–H and O–H groups in total. The molecule has 170 valence electrons. The third-order valence-electron chi connectivity index (χ3n) is 5.78. The molecular formula is C28H25N3O3. The van der Waals surface area contributed by atoms with E-state index in [4.69, 9.17) is 14.5 Å². The molecule has 0 fully saturated rings. The van der Waals surface area contributed by atoms with Gasteiger partial charge in [0.1, 0.15) is 17.2 Å². The summed E-state index contributed by atoms with van der Waals surface area (Å²) in [5.41, 5.74) is 4.72. The number of amides is 1. The molecule has 6 nitrogen and oxygen atoms in total. The third kappa shape index (κ3) is 4.06. The zero-order valence-electron chi connectivity index (χ0n) is 19.1. The number of methoxy groups -OCH3 is 1. The number of pyridine rings is 1. The van der Waals surface area contributed by atoms with Crippen LogP contribution < -0.4 is 14.8 Å². The highest BCUT2D eigenvalue weighted by atomic mass is 16.5. The third-order valence-corrected chi connectivity index (χ3v) is 5.78. The van der Waals surface area contributed by atoms with Gasteiger partial charge in [-0.1, -0.05) is 42.5 Å². The molecule has 0 unspecified atom stereocenters. The Bertz CT molecular complexity index is 1470. The first-order valence-electron chi connectivity index (χ1n) is 11.2. The van der Waals surface area contributed by atoms with E-state index in [1.807, 2.05) is 85.8 Å². The molecule has 34 heavy (non-hydrogen) atoms. The van der Waals surface area contributed by atoms with Gasteiger partial charge in [0.25, 0.3) is 5.91 Å². The zero-order valence-corrected chi connectivity index (χ0v) is 19.1. The topological polar surface area (TPSA) is 76.2 Å². The van der Waals surface area contributed by atoms with Gasteiger partial charge in [-0.25, -0.2) is 4.98 Å². The van der Waals surface area contributed by atoms with E-state index in [0.717, 1.165) is 44.4 Å². The maximum atomic E-state index is 13.2. The zero-order chi connectivity index (χ0) is 23.5. The van der Waals surface area contributed by atoms with Gasteiger partial charge in [-0.2, -0.15) is 0 Å². The summed E-state index contributed by atoms with van der Waals surface area (Å²) >= 11 is 0. The van der Waals surface area contributed by atoms with Gasteiger partial charge in [0.05, 0.1) is 24.9 Å². The Morgan fingerprint density at radius 1 is 0.971 bits per heavy atom. The van der Waals surface area contributed by atoms with Crippen molar-refractivity contribution in [2.24, 2.45) is 0 Å². The Morgan fingerprint density at radius 3 is 2.53 bits per heavy atom. The van der Waals surface area contributed by atoms with Gasteiger partial charge in [-0.15, -0.1) is 0 Å². The van der Waals surface area contributed by atoms with Crippen molar-refractivity contribution in [3.05, 3.63) is 90.1 Å². The normalized spacial score (nSPS) is 11.0. The van der Waals surface area contributed by atoms with Crippen LogP contribution in [0.25, 0.3) is 33.1 Å². The summed E-state index contributed by atoms with van der Waals surface area (Å²) < 4.78 is 11.1. The Morgan fingerprint density at radius 2 is 1.74 bits per heavy atom. The minimum absolute atomic E-state index is 0.238. The van der Waals surface area contributed by atoms with E-state index < -0.39 is 0 Å². The quantitative estimate of drug-likeness (QED) is 0.332. The van der Waals surface area contributed by atoms with Gasteiger partial charge < -0.3 is 19.8 Å². The molecule has 0 radical (unpaired) electrons. The van der Waals surface area contributed by atoms with Gasteiger partial charge in [-0.3, -0.25) is 4.79 Å². The first kappa shape index (κ1) is 21.5. The molecule has 0 aliphatic carbocycles. The summed E-state index contributed by atoms with van der Waals surface area (Å²) in [6.45, 7) is 2.88. The van der Waals surface area contributed by atoms with E-state index in [2.05, 4.69) is 10.3 Å². The van der Waals surface area contributed by atoms with Gasteiger partial charge in [0.15, 0.2) is 0 Å². The summed E-state index contributed by atoms with van der Waals surface area (Å²) in [7, 11) is 1.63. The maximum Gasteiger partial charge on any atom is 0.270 e. The van der Waals surface area contributed by atoms with Crippen LogP contribution >= 0.6 is 0 Å². The Hall–Kier alpha value is -4.32. The fourth-order valence-electron chi connectivity index (χ4n) is 4.12. The average molecular weight is 452 g/mol. The van der Waals surface area contributed by atoms with Gasteiger partial charge >= 0.3 is 0 Å². The summed E-state index contributed by atoms with van der Waals surface area (Å²) in [6.07, 6.45) is 0. The fraction of sp³-hybridized carbons (Fsp3) is 0.143. The smallest absolute Gasteiger partial charge is 0.270 e. The van der Waals surface area contributed by atoms with Crippen LogP contribution in [-0.2, 0) is 6.54 Å². The lowest BCUT2D eigenvalue weighted by Gasteiger charge is -2.12. The summed E-state index contributed by atoms with van der Waals surface area (Å²) in [6, 6.07) is 25.3. The highest BCUT2D eigenvalue weighted by Gasteiger charge is 2.19. The molecule has 6 heteroatoms. The van der Waals surface area contributed by atoms with Crippen LogP contribution in [0.2, 0.25) is 0 Å². The number of fused-ring (bicyclic) bond motifs is 3. The first-order valence-corrected chi connectivity index (χ1v) is 11.2. The van der Waals surface area contributed by atoms with Crippen LogP contribution in [0.3, 0.4) is 0 Å². The summed E-state index contributed by atoms with van der Waals surface area (Å²) in [5.74, 6) is 1.27. The number of hydrogen-bond donors (Lipinski definition) is 2. The highest BCUT2D eigenvalue weighted by molar-refractivity contribution is 6.13. The van der Waals surface area contributed by atoms with Gasteiger partial charge in [0, 0.05) is 28.4 Å². The molecule has 2 heterocycles. The second-order valence-electron chi connectivity index (χ2n) is 7.91. The number of ether oxygens (including phenoxy) is 2. The van der Waals surface area contributed by atoms with E-state index in [9.17, 15) is 4.79 Å². The SMILES string of the molecule is CCOc1ccccc1-c1nc(C(=O)NCc2ccc(OC)cc2)cc2c1[nH]c1ccccc12. The minimum atomic E-state index is -0.238. The second-order valence-corrected chi connectivity index (χ2v) is 7.91. The van der Waals surface area contributed by atoms with Crippen molar-refractivity contribution in [3.8, 4) is 22.8 Å². The number of carbonyl (C=O) groups excluding carboxylic acids is 1. The molecule has 0 saturated heterocycles. The van der Waals surface area contributed by atoms with Crippen molar-refractivity contribution in [1.82, 2.24) is 15.3 Å². The maximum absolute atomic E-state index is 13.2. The number of carbonyl (C=O) groups is 1. The molecule has 3 aromatic carbocycles. The molecule has 1 amide bonds. The van der Waals surface area contributed by atoms with Crippen molar-refractivity contribution in [2.45, 2.75) is 13.5 Å². The molecular weight excluding hydrogens is 426 g/mol. The Labute approximate surface area is 197 Å². The molecule has 0 aliphatic rings. The van der Waals surface area contributed by atoms with Crippen LogP contribution in [-0.4, -0.2) is 29.6 Å². The summed E-state index contributed by atoms with van der Waals surface area (Å²) in [4.78, 5) is 21.5. The predicted octanol–water partition coefficient (Wildman–Crippen LogP) is 5.72. The van der Waals surface area contributed by atoms with E-state index >= 15 is 0 Å².